The molecule has 0 atom stereocenters. The van der Waals surface area contributed by atoms with Crippen molar-refractivity contribution in [2.45, 2.75) is 13.0 Å². The summed E-state index contributed by atoms with van der Waals surface area (Å²) in [6, 6.07) is 3.20. The number of ether oxygens (including phenoxy) is 2. The van der Waals surface area contributed by atoms with Crippen molar-refractivity contribution in [1.82, 2.24) is 5.32 Å². The molecule has 1 aromatic rings. The average molecular weight is 288 g/mol. The Morgan fingerprint density at radius 3 is 2.68 bits per heavy atom. The molecule has 0 amide bonds. The molecule has 0 radical (unpaired) electrons. The third-order valence-electron chi connectivity index (χ3n) is 2.67. The van der Waals surface area contributed by atoms with Gasteiger partial charge in [0.2, 0.25) is 16.8 Å². The number of primary sulfonamides is 1. The van der Waals surface area contributed by atoms with Crippen molar-refractivity contribution < 1.29 is 23.0 Å². The number of hydrogen-bond acceptors (Lipinski definition) is 6. The highest BCUT2D eigenvalue weighted by molar-refractivity contribution is 7.89. The molecule has 106 valence electrons. The van der Waals surface area contributed by atoms with Crippen LogP contribution in [0.5, 0.6) is 17.2 Å². The minimum atomic E-state index is -3.41. The molecule has 19 heavy (non-hydrogen) atoms. The van der Waals surface area contributed by atoms with Gasteiger partial charge < -0.3 is 19.9 Å². The zero-order valence-electron chi connectivity index (χ0n) is 10.3. The van der Waals surface area contributed by atoms with Crippen molar-refractivity contribution in [1.29, 1.82) is 0 Å². The molecule has 0 aromatic heterocycles. The van der Waals surface area contributed by atoms with Crippen molar-refractivity contribution >= 4 is 10.0 Å². The van der Waals surface area contributed by atoms with Gasteiger partial charge in [0.05, 0.1) is 5.75 Å². The van der Waals surface area contributed by atoms with Gasteiger partial charge >= 0.3 is 0 Å². The van der Waals surface area contributed by atoms with Gasteiger partial charge in [-0.25, -0.2) is 13.6 Å². The molecule has 0 saturated heterocycles. The maximum atomic E-state index is 10.7. The Hall–Kier alpha value is -1.51. The zero-order valence-corrected chi connectivity index (χ0v) is 11.1. The largest absolute Gasteiger partial charge is 0.507 e. The molecule has 0 saturated carbocycles. The predicted octanol–water partition coefficient (Wildman–Crippen LogP) is -0.111. The van der Waals surface area contributed by atoms with Crippen LogP contribution in [0.1, 0.15) is 12.0 Å². The number of nitrogens with one attached hydrogen (secondary N) is 1. The Labute approximate surface area is 111 Å². The molecule has 1 aromatic carbocycles. The summed E-state index contributed by atoms with van der Waals surface area (Å²) in [5.74, 6) is 1.17. The van der Waals surface area contributed by atoms with Gasteiger partial charge in [0, 0.05) is 18.2 Å². The van der Waals surface area contributed by atoms with Crippen LogP contribution >= 0.6 is 0 Å². The van der Waals surface area contributed by atoms with E-state index in [1.165, 1.54) is 6.07 Å². The fourth-order valence-corrected chi connectivity index (χ4v) is 2.28. The number of nitrogens with two attached hydrogens (primary N) is 1. The van der Waals surface area contributed by atoms with E-state index in [4.69, 9.17) is 14.6 Å². The molecule has 0 bridgehead atoms. The number of phenols is 1. The Balaban J connectivity index is 1.83. The molecule has 0 unspecified atom stereocenters. The van der Waals surface area contributed by atoms with E-state index in [9.17, 15) is 13.5 Å². The van der Waals surface area contributed by atoms with Gasteiger partial charge in [-0.05, 0) is 19.0 Å². The highest BCUT2D eigenvalue weighted by Crippen LogP contribution is 2.37. The lowest BCUT2D eigenvalue weighted by Gasteiger charge is -2.07. The summed E-state index contributed by atoms with van der Waals surface area (Å²) < 4.78 is 31.8. The van der Waals surface area contributed by atoms with Crippen molar-refractivity contribution in [2.24, 2.45) is 5.14 Å². The molecule has 1 aliphatic rings. The Kier molecular flexibility index (Phi) is 4.13. The number of benzene rings is 1. The summed E-state index contributed by atoms with van der Waals surface area (Å²) in [5.41, 5.74) is 0.667. The third-order valence-corrected chi connectivity index (χ3v) is 3.53. The van der Waals surface area contributed by atoms with E-state index >= 15 is 0 Å². The van der Waals surface area contributed by atoms with Crippen molar-refractivity contribution in [2.75, 3.05) is 19.1 Å². The van der Waals surface area contributed by atoms with Gasteiger partial charge in [0.25, 0.3) is 0 Å². The fourth-order valence-electron chi connectivity index (χ4n) is 1.74. The smallest absolute Gasteiger partial charge is 0.231 e. The second-order valence-electron chi connectivity index (χ2n) is 4.23. The topological polar surface area (TPSA) is 111 Å². The van der Waals surface area contributed by atoms with E-state index in [1.807, 2.05) is 0 Å². The van der Waals surface area contributed by atoms with Crippen LogP contribution in [0, 0.1) is 0 Å². The number of sulfonamides is 1. The number of hydrogen-bond donors (Lipinski definition) is 3. The van der Waals surface area contributed by atoms with Crippen molar-refractivity contribution in [3.63, 3.8) is 0 Å². The van der Waals surface area contributed by atoms with Gasteiger partial charge in [0.15, 0.2) is 11.5 Å². The van der Waals surface area contributed by atoms with Crippen LogP contribution in [0.3, 0.4) is 0 Å². The maximum Gasteiger partial charge on any atom is 0.231 e. The van der Waals surface area contributed by atoms with E-state index in [0.717, 1.165) is 0 Å². The summed E-state index contributed by atoms with van der Waals surface area (Å²) >= 11 is 0. The summed E-state index contributed by atoms with van der Waals surface area (Å²) in [6.45, 7) is 1.05. The van der Waals surface area contributed by atoms with Crippen LogP contribution in [0.25, 0.3) is 0 Å². The second-order valence-corrected chi connectivity index (χ2v) is 5.97. The third kappa shape index (κ3) is 3.98. The monoisotopic (exact) mass is 288 g/mol. The molecular weight excluding hydrogens is 272 g/mol. The molecule has 2 rings (SSSR count). The molecule has 0 spiro atoms. The van der Waals surface area contributed by atoms with Gasteiger partial charge in [-0.2, -0.15) is 0 Å². The van der Waals surface area contributed by atoms with E-state index in [1.54, 1.807) is 6.07 Å². The second kappa shape index (κ2) is 5.64. The average Bonchev–Trinajstić information content (AvgIpc) is 2.74. The molecule has 0 aliphatic carbocycles. The van der Waals surface area contributed by atoms with Gasteiger partial charge in [-0.3, -0.25) is 0 Å². The normalized spacial score (nSPS) is 13.7. The van der Waals surface area contributed by atoms with E-state index in [-0.39, 0.29) is 18.3 Å². The lowest BCUT2D eigenvalue weighted by Crippen LogP contribution is -2.22. The molecule has 4 N–H and O–H groups in total. The van der Waals surface area contributed by atoms with Crippen LogP contribution in [-0.2, 0) is 16.6 Å². The first-order valence-electron chi connectivity index (χ1n) is 5.78. The molecule has 7 nitrogen and oxygen atoms in total. The number of phenolic OH excluding ortho intramolecular Hbond substituents is 1. The first-order valence-corrected chi connectivity index (χ1v) is 7.50. The first-order chi connectivity index (χ1) is 8.96. The van der Waals surface area contributed by atoms with E-state index in [2.05, 4.69) is 5.32 Å². The first kappa shape index (κ1) is 13.9. The summed E-state index contributed by atoms with van der Waals surface area (Å²) in [4.78, 5) is 0. The van der Waals surface area contributed by atoms with Crippen LogP contribution in [0.4, 0.5) is 0 Å². The van der Waals surface area contributed by atoms with Crippen molar-refractivity contribution in [3.8, 4) is 17.2 Å². The zero-order chi connectivity index (χ0) is 13.9. The highest BCUT2D eigenvalue weighted by Gasteiger charge is 2.16. The van der Waals surface area contributed by atoms with Gasteiger partial charge in [0.1, 0.15) is 5.75 Å². The lowest BCUT2D eigenvalue weighted by atomic mass is 10.1. The predicted molar refractivity (Wildman–Crippen MR) is 68.5 cm³/mol. The van der Waals surface area contributed by atoms with Crippen LogP contribution in [0.15, 0.2) is 12.1 Å². The van der Waals surface area contributed by atoms with Crippen LogP contribution < -0.4 is 19.9 Å². The minimum Gasteiger partial charge on any atom is -0.507 e. The molecule has 1 heterocycles. The lowest BCUT2D eigenvalue weighted by molar-refractivity contribution is 0.174. The summed E-state index contributed by atoms with van der Waals surface area (Å²) in [6.07, 6.45) is 0.421. The highest BCUT2D eigenvalue weighted by atomic mass is 32.2. The van der Waals surface area contributed by atoms with Crippen LogP contribution in [-0.4, -0.2) is 32.6 Å². The van der Waals surface area contributed by atoms with Crippen LogP contribution in [0.2, 0.25) is 0 Å². The molecule has 8 heteroatoms. The van der Waals surface area contributed by atoms with E-state index < -0.39 is 10.0 Å². The van der Waals surface area contributed by atoms with Crippen molar-refractivity contribution in [3.05, 3.63) is 17.7 Å². The van der Waals surface area contributed by atoms with E-state index in [0.29, 0.717) is 36.6 Å². The SMILES string of the molecule is NS(=O)(=O)CCCNCc1cc2c(cc1O)OCO2. The fraction of sp³-hybridized carbons (Fsp3) is 0.455. The quantitative estimate of drug-likeness (QED) is 0.630. The summed E-state index contributed by atoms with van der Waals surface area (Å²) in [7, 11) is -3.41. The summed E-state index contributed by atoms with van der Waals surface area (Å²) in [5, 5.41) is 17.7. The Morgan fingerprint density at radius 1 is 1.32 bits per heavy atom. The molecule has 0 fully saturated rings. The standard InChI is InChI=1S/C11H16N2O5S/c12-19(15,16)3-1-2-13-6-8-4-10-11(5-9(8)14)18-7-17-10/h4-5,13-14H,1-3,6-7H2,(H2,12,15,16). The number of fused-ring (bicyclic) bond motifs is 1. The maximum absolute atomic E-state index is 10.7. The Bertz CT molecular complexity index is 558. The van der Waals surface area contributed by atoms with Gasteiger partial charge in [-0.1, -0.05) is 0 Å². The number of aromatic hydroxyl groups is 1. The molecule has 1 aliphatic heterocycles. The molecular formula is C11H16N2O5S. The van der Waals surface area contributed by atoms with Gasteiger partial charge in [-0.15, -0.1) is 0 Å². The Morgan fingerprint density at radius 2 is 2.00 bits per heavy atom. The number of rotatable bonds is 6. The minimum absolute atomic E-state index is 0.0624.